The SMILES string of the molecule is COc1ccccc1CN1CCN(c2ncc(-c3cccc(CNC(=O)N=C(N)N)c3)cn2)CC1. The van der Waals surface area contributed by atoms with Gasteiger partial charge < -0.3 is 26.4 Å². The third-order valence-electron chi connectivity index (χ3n) is 5.81. The van der Waals surface area contributed by atoms with Crippen LogP contribution in [0.4, 0.5) is 10.7 Å². The molecule has 2 amide bonds. The number of nitrogens with one attached hydrogen (secondary N) is 1. The third-order valence-corrected chi connectivity index (χ3v) is 5.81. The van der Waals surface area contributed by atoms with Crippen LogP contribution in [0.3, 0.4) is 0 Å². The lowest BCUT2D eigenvalue weighted by atomic mass is 10.1. The summed E-state index contributed by atoms with van der Waals surface area (Å²) in [6, 6.07) is 15.4. The number of urea groups is 1. The summed E-state index contributed by atoms with van der Waals surface area (Å²) >= 11 is 0. The Morgan fingerprint density at radius 2 is 1.77 bits per heavy atom. The molecule has 1 aliphatic heterocycles. The van der Waals surface area contributed by atoms with Crippen LogP contribution in [-0.4, -0.2) is 60.1 Å². The number of aliphatic imine (C=N–C) groups is 1. The number of guanidine groups is 1. The van der Waals surface area contributed by atoms with Crippen LogP contribution in [0.15, 0.2) is 65.9 Å². The van der Waals surface area contributed by atoms with Crippen molar-refractivity contribution in [1.29, 1.82) is 0 Å². The second kappa shape index (κ2) is 11.3. The number of nitrogens with zero attached hydrogens (tertiary/aromatic N) is 5. The van der Waals surface area contributed by atoms with Crippen LogP contribution in [0.5, 0.6) is 5.75 Å². The molecule has 0 bridgehead atoms. The van der Waals surface area contributed by atoms with Crippen molar-refractivity contribution in [2.75, 3.05) is 38.2 Å². The van der Waals surface area contributed by atoms with Crippen molar-refractivity contribution in [3.05, 3.63) is 72.1 Å². The van der Waals surface area contributed by atoms with E-state index in [1.54, 1.807) is 7.11 Å². The molecule has 5 N–H and O–H groups in total. The molecule has 182 valence electrons. The highest BCUT2D eigenvalue weighted by Crippen LogP contribution is 2.22. The zero-order chi connectivity index (χ0) is 24.6. The summed E-state index contributed by atoms with van der Waals surface area (Å²) in [6.45, 7) is 4.74. The minimum Gasteiger partial charge on any atom is -0.496 e. The van der Waals surface area contributed by atoms with Gasteiger partial charge in [-0.3, -0.25) is 4.90 Å². The minimum atomic E-state index is -0.578. The number of hydrogen-bond donors (Lipinski definition) is 3. The quantitative estimate of drug-likeness (QED) is 0.349. The first-order valence-electron chi connectivity index (χ1n) is 11.4. The van der Waals surface area contributed by atoms with Crippen LogP contribution in [-0.2, 0) is 13.1 Å². The molecule has 10 heteroatoms. The Labute approximate surface area is 204 Å². The summed E-state index contributed by atoms with van der Waals surface area (Å²) in [5, 5.41) is 2.65. The van der Waals surface area contributed by atoms with E-state index in [4.69, 9.17) is 16.2 Å². The molecular weight excluding hydrogens is 444 g/mol. The van der Waals surface area contributed by atoms with Crippen molar-refractivity contribution in [2.24, 2.45) is 16.5 Å². The summed E-state index contributed by atoms with van der Waals surface area (Å²) in [7, 11) is 1.71. The zero-order valence-corrected chi connectivity index (χ0v) is 19.7. The fraction of sp³-hybridized carbons (Fsp3) is 0.280. The van der Waals surface area contributed by atoms with Crippen LogP contribution in [0.25, 0.3) is 11.1 Å². The topological polar surface area (TPSA) is 135 Å². The Morgan fingerprint density at radius 1 is 1.03 bits per heavy atom. The number of methoxy groups -OCH3 is 1. The molecule has 1 fully saturated rings. The number of aromatic nitrogens is 2. The molecule has 2 aromatic carbocycles. The molecule has 4 rings (SSSR count). The number of piperazine rings is 1. The van der Waals surface area contributed by atoms with Gasteiger partial charge in [-0.1, -0.05) is 36.4 Å². The number of carbonyl (C=O) groups is 1. The van der Waals surface area contributed by atoms with Gasteiger partial charge in [0.05, 0.1) is 7.11 Å². The highest BCUT2D eigenvalue weighted by molar-refractivity contribution is 5.90. The van der Waals surface area contributed by atoms with Crippen LogP contribution in [0.2, 0.25) is 0 Å². The van der Waals surface area contributed by atoms with Gasteiger partial charge in [-0.05, 0) is 23.3 Å². The monoisotopic (exact) mass is 474 g/mol. The highest BCUT2D eigenvalue weighted by atomic mass is 16.5. The molecule has 0 unspecified atom stereocenters. The zero-order valence-electron chi connectivity index (χ0n) is 19.7. The molecule has 0 spiro atoms. The van der Waals surface area contributed by atoms with Gasteiger partial charge in [0, 0.05) is 62.8 Å². The average Bonchev–Trinajstić information content (AvgIpc) is 2.88. The second-order valence-corrected chi connectivity index (χ2v) is 8.24. The predicted octanol–water partition coefficient (Wildman–Crippen LogP) is 1.96. The van der Waals surface area contributed by atoms with E-state index in [0.717, 1.165) is 61.1 Å². The Kier molecular flexibility index (Phi) is 7.74. The maximum atomic E-state index is 11.6. The molecular formula is C25H30N8O2. The maximum absolute atomic E-state index is 11.6. The highest BCUT2D eigenvalue weighted by Gasteiger charge is 2.20. The lowest BCUT2D eigenvalue weighted by Gasteiger charge is -2.34. The summed E-state index contributed by atoms with van der Waals surface area (Å²) in [5.41, 5.74) is 14.4. The van der Waals surface area contributed by atoms with Crippen molar-refractivity contribution in [3.63, 3.8) is 0 Å². The van der Waals surface area contributed by atoms with Crippen LogP contribution in [0, 0.1) is 0 Å². The van der Waals surface area contributed by atoms with E-state index in [-0.39, 0.29) is 5.96 Å². The molecule has 0 aliphatic carbocycles. The molecule has 0 radical (unpaired) electrons. The van der Waals surface area contributed by atoms with E-state index in [2.05, 4.69) is 36.1 Å². The first kappa shape index (κ1) is 24.0. The van der Waals surface area contributed by atoms with Crippen LogP contribution < -0.4 is 26.4 Å². The van der Waals surface area contributed by atoms with Gasteiger partial charge in [0.15, 0.2) is 5.96 Å². The standard InChI is InChI=1S/C25H30N8O2/c1-35-22-8-3-2-6-20(22)17-32-9-11-33(12-10-32)24-28-15-21(16-29-24)19-7-4-5-18(13-19)14-30-25(34)31-23(26)27/h2-8,13,15-16H,9-12,14,17H2,1H3,(H5,26,27,30,31,34). The largest absolute Gasteiger partial charge is 0.496 e. The van der Waals surface area contributed by atoms with Crippen molar-refractivity contribution in [1.82, 2.24) is 20.2 Å². The van der Waals surface area contributed by atoms with Gasteiger partial charge >= 0.3 is 6.03 Å². The Balaban J connectivity index is 1.33. The lowest BCUT2D eigenvalue weighted by Crippen LogP contribution is -2.46. The van der Waals surface area contributed by atoms with E-state index in [0.29, 0.717) is 6.54 Å². The van der Waals surface area contributed by atoms with E-state index < -0.39 is 6.03 Å². The first-order chi connectivity index (χ1) is 17.0. The molecule has 35 heavy (non-hydrogen) atoms. The Hall–Kier alpha value is -4.18. The number of amides is 2. The molecule has 0 saturated carbocycles. The van der Waals surface area contributed by atoms with E-state index in [1.807, 2.05) is 54.9 Å². The smallest absolute Gasteiger partial charge is 0.344 e. The van der Waals surface area contributed by atoms with Gasteiger partial charge in [-0.15, -0.1) is 0 Å². The number of ether oxygens (including phenoxy) is 1. The predicted molar refractivity (Wildman–Crippen MR) is 136 cm³/mol. The number of carbonyl (C=O) groups excluding carboxylic acids is 1. The normalized spacial score (nSPS) is 13.8. The summed E-state index contributed by atoms with van der Waals surface area (Å²) in [5.74, 6) is 1.38. The van der Waals surface area contributed by atoms with Crippen LogP contribution >= 0.6 is 0 Å². The van der Waals surface area contributed by atoms with Gasteiger partial charge in [0.2, 0.25) is 5.95 Å². The molecule has 2 heterocycles. The van der Waals surface area contributed by atoms with Crippen molar-refractivity contribution >= 4 is 17.9 Å². The fourth-order valence-corrected chi connectivity index (χ4v) is 4.01. The number of anilines is 1. The summed E-state index contributed by atoms with van der Waals surface area (Å²) in [4.78, 5) is 28.9. The molecule has 10 nitrogen and oxygen atoms in total. The number of hydrogen-bond acceptors (Lipinski definition) is 6. The Bertz CT molecular complexity index is 1170. The molecule has 3 aromatic rings. The fourth-order valence-electron chi connectivity index (χ4n) is 4.01. The van der Waals surface area contributed by atoms with Crippen molar-refractivity contribution in [3.8, 4) is 16.9 Å². The van der Waals surface area contributed by atoms with Gasteiger partial charge in [-0.25, -0.2) is 14.8 Å². The maximum Gasteiger partial charge on any atom is 0.344 e. The van der Waals surface area contributed by atoms with Crippen LogP contribution in [0.1, 0.15) is 11.1 Å². The molecule has 1 saturated heterocycles. The Morgan fingerprint density at radius 3 is 2.49 bits per heavy atom. The number of nitrogens with two attached hydrogens (primary N) is 2. The van der Waals surface area contributed by atoms with Crippen molar-refractivity contribution < 1.29 is 9.53 Å². The van der Waals surface area contributed by atoms with E-state index in [1.165, 1.54) is 5.56 Å². The molecule has 0 atom stereocenters. The first-order valence-corrected chi connectivity index (χ1v) is 11.4. The summed E-state index contributed by atoms with van der Waals surface area (Å²) in [6.07, 6.45) is 3.67. The lowest BCUT2D eigenvalue weighted by molar-refractivity contribution is 0.245. The van der Waals surface area contributed by atoms with Gasteiger partial charge in [-0.2, -0.15) is 4.99 Å². The summed E-state index contributed by atoms with van der Waals surface area (Å²) < 4.78 is 5.48. The average molecular weight is 475 g/mol. The van der Waals surface area contributed by atoms with Gasteiger partial charge in [0.25, 0.3) is 0 Å². The molecule has 1 aromatic heterocycles. The minimum absolute atomic E-state index is 0.272. The van der Waals surface area contributed by atoms with Gasteiger partial charge in [0.1, 0.15) is 5.75 Å². The van der Waals surface area contributed by atoms with Crippen molar-refractivity contribution in [2.45, 2.75) is 13.1 Å². The number of benzene rings is 2. The molecule has 1 aliphatic rings. The number of para-hydroxylation sites is 1. The number of rotatable bonds is 7. The van der Waals surface area contributed by atoms with E-state index >= 15 is 0 Å². The van der Waals surface area contributed by atoms with E-state index in [9.17, 15) is 4.79 Å². The second-order valence-electron chi connectivity index (χ2n) is 8.24. The third kappa shape index (κ3) is 6.45.